The van der Waals surface area contributed by atoms with E-state index in [9.17, 15) is 17.6 Å². The fourth-order valence-electron chi connectivity index (χ4n) is 1.32. The summed E-state index contributed by atoms with van der Waals surface area (Å²) in [4.78, 5) is 6.12. The lowest BCUT2D eigenvalue weighted by Crippen LogP contribution is -1.99. The molecule has 0 amide bonds. The molecule has 0 saturated heterocycles. The molecule has 16 heavy (non-hydrogen) atoms. The second kappa shape index (κ2) is 3.62. The first-order valence-electron chi connectivity index (χ1n) is 4.35. The van der Waals surface area contributed by atoms with E-state index in [1.54, 1.807) is 6.92 Å². The standard InChI is InChI=1S/C10H6F4N2/c1-4-3-15-10(16-4)7-8(13)5(11)2-6(12)9(7)14/h2-3H,1H3,(H,15,16). The van der Waals surface area contributed by atoms with Gasteiger partial charge in [-0.3, -0.25) is 0 Å². The maximum atomic E-state index is 13.3. The van der Waals surface area contributed by atoms with Crippen LogP contribution >= 0.6 is 0 Å². The second-order valence-corrected chi connectivity index (χ2v) is 3.26. The minimum absolute atomic E-state index is 0.157. The van der Waals surface area contributed by atoms with Crippen LogP contribution in [0.3, 0.4) is 0 Å². The SMILES string of the molecule is Cc1cnc(-c2c(F)c(F)cc(F)c2F)[nH]1. The van der Waals surface area contributed by atoms with E-state index in [0.29, 0.717) is 5.69 Å². The van der Waals surface area contributed by atoms with Crippen LogP contribution in [0.2, 0.25) is 0 Å². The van der Waals surface area contributed by atoms with Crippen LogP contribution in [0, 0.1) is 30.2 Å². The fourth-order valence-corrected chi connectivity index (χ4v) is 1.32. The number of nitrogens with zero attached hydrogens (tertiary/aromatic N) is 1. The molecule has 0 bridgehead atoms. The molecule has 6 heteroatoms. The highest BCUT2D eigenvalue weighted by atomic mass is 19.2. The zero-order valence-corrected chi connectivity index (χ0v) is 8.11. The number of aromatic nitrogens is 2. The summed E-state index contributed by atoms with van der Waals surface area (Å²) in [5, 5.41) is 0. The van der Waals surface area contributed by atoms with Gasteiger partial charge in [0.05, 0.1) is 5.56 Å². The molecule has 0 fully saturated rings. The topological polar surface area (TPSA) is 28.7 Å². The number of rotatable bonds is 1. The smallest absolute Gasteiger partial charge is 0.172 e. The zero-order valence-electron chi connectivity index (χ0n) is 8.11. The number of halogens is 4. The Kier molecular flexibility index (Phi) is 2.41. The summed E-state index contributed by atoms with van der Waals surface area (Å²) in [7, 11) is 0. The molecule has 0 radical (unpaired) electrons. The average molecular weight is 230 g/mol. The molecule has 1 heterocycles. The molecule has 2 rings (SSSR count). The highest BCUT2D eigenvalue weighted by Gasteiger charge is 2.22. The summed E-state index contributed by atoms with van der Waals surface area (Å²) in [5.41, 5.74) is -0.302. The van der Waals surface area contributed by atoms with E-state index in [1.165, 1.54) is 6.20 Å². The summed E-state index contributed by atoms with van der Waals surface area (Å²) in [5.74, 6) is -6.08. The number of aryl methyl sites for hydroxylation is 1. The van der Waals surface area contributed by atoms with Crippen LogP contribution in [0.25, 0.3) is 11.4 Å². The molecule has 2 aromatic rings. The van der Waals surface area contributed by atoms with Crippen LogP contribution in [-0.4, -0.2) is 9.97 Å². The van der Waals surface area contributed by atoms with Crippen molar-refractivity contribution in [1.29, 1.82) is 0 Å². The van der Waals surface area contributed by atoms with Crippen LogP contribution in [-0.2, 0) is 0 Å². The Labute approximate surface area is 87.9 Å². The maximum Gasteiger partial charge on any atom is 0.172 e. The van der Waals surface area contributed by atoms with Gasteiger partial charge in [-0.15, -0.1) is 0 Å². The summed E-state index contributed by atoms with van der Waals surface area (Å²) < 4.78 is 52.4. The zero-order chi connectivity index (χ0) is 11.9. The Morgan fingerprint density at radius 3 is 2.06 bits per heavy atom. The van der Waals surface area contributed by atoms with Crippen LogP contribution in [0.4, 0.5) is 17.6 Å². The van der Waals surface area contributed by atoms with Crippen LogP contribution in [0.1, 0.15) is 5.69 Å². The van der Waals surface area contributed by atoms with Gasteiger partial charge in [0.25, 0.3) is 0 Å². The molecule has 2 nitrogen and oxygen atoms in total. The van der Waals surface area contributed by atoms with Gasteiger partial charge < -0.3 is 4.98 Å². The monoisotopic (exact) mass is 230 g/mol. The molecule has 0 aliphatic carbocycles. The molecular formula is C10H6F4N2. The van der Waals surface area contributed by atoms with Crippen molar-refractivity contribution in [3.63, 3.8) is 0 Å². The molecule has 0 saturated carbocycles. The predicted molar refractivity (Wildman–Crippen MR) is 48.6 cm³/mol. The maximum absolute atomic E-state index is 13.3. The molecular weight excluding hydrogens is 224 g/mol. The van der Waals surface area contributed by atoms with Crippen molar-refractivity contribution < 1.29 is 17.6 Å². The fraction of sp³-hybridized carbons (Fsp3) is 0.100. The Morgan fingerprint density at radius 2 is 1.62 bits per heavy atom. The predicted octanol–water partition coefficient (Wildman–Crippen LogP) is 2.94. The quantitative estimate of drug-likeness (QED) is 0.592. The van der Waals surface area contributed by atoms with Gasteiger partial charge in [-0.05, 0) is 6.92 Å². The first-order valence-corrected chi connectivity index (χ1v) is 4.35. The number of hydrogen-bond donors (Lipinski definition) is 1. The molecule has 1 aromatic heterocycles. The van der Waals surface area contributed by atoms with E-state index in [0.717, 1.165) is 0 Å². The van der Waals surface area contributed by atoms with E-state index < -0.39 is 28.8 Å². The number of aromatic amines is 1. The summed E-state index contributed by atoms with van der Waals surface area (Å²) in [6, 6.07) is 0.157. The molecule has 0 aliphatic heterocycles. The number of nitrogens with one attached hydrogen (secondary N) is 1. The summed E-state index contributed by atoms with van der Waals surface area (Å²) in [6.45, 7) is 1.60. The third kappa shape index (κ3) is 1.56. The van der Waals surface area contributed by atoms with Gasteiger partial charge >= 0.3 is 0 Å². The third-order valence-corrected chi connectivity index (χ3v) is 2.05. The molecule has 0 atom stereocenters. The highest BCUT2D eigenvalue weighted by Crippen LogP contribution is 2.27. The van der Waals surface area contributed by atoms with Crippen molar-refractivity contribution in [3.8, 4) is 11.4 Å². The van der Waals surface area contributed by atoms with Crippen molar-refractivity contribution in [2.45, 2.75) is 6.92 Å². The van der Waals surface area contributed by atoms with Crippen molar-refractivity contribution in [1.82, 2.24) is 9.97 Å². The van der Waals surface area contributed by atoms with Gasteiger partial charge in [0, 0.05) is 18.0 Å². The Hall–Kier alpha value is -1.85. The van der Waals surface area contributed by atoms with E-state index in [4.69, 9.17) is 0 Å². The third-order valence-electron chi connectivity index (χ3n) is 2.05. The highest BCUT2D eigenvalue weighted by molar-refractivity contribution is 5.57. The summed E-state index contributed by atoms with van der Waals surface area (Å²) >= 11 is 0. The molecule has 1 aromatic carbocycles. The Bertz CT molecular complexity index is 522. The first kappa shape index (κ1) is 10.7. The van der Waals surface area contributed by atoms with Crippen molar-refractivity contribution in [2.24, 2.45) is 0 Å². The molecule has 0 spiro atoms. The number of H-pyrrole nitrogens is 1. The Morgan fingerprint density at radius 1 is 1.06 bits per heavy atom. The van der Waals surface area contributed by atoms with Crippen molar-refractivity contribution in [3.05, 3.63) is 41.2 Å². The van der Waals surface area contributed by atoms with E-state index in [1.807, 2.05) is 0 Å². The lowest BCUT2D eigenvalue weighted by Gasteiger charge is -2.03. The van der Waals surface area contributed by atoms with Gasteiger partial charge in [-0.2, -0.15) is 0 Å². The summed E-state index contributed by atoms with van der Waals surface area (Å²) in [6.07, 6.45) is 1.30. The molecule has 0 unspecified atom stereocenters. The number of hydrogen-bond acceptors (Lipinski definition) is 1. The lowest BCUT2D eigenvalue weighted by molar-refractivity contribution is 0.457. The van der Waals surface area contributed by atoms with E-state index in [2.05, 4.69) is 9.97 Å². The Balaban J connectivity index is 2.73. The van der Waals surface area contributed by atoms with Crippen LogP contribution in [0.15, 0.2) is 12.3 Å². The minimum atomic E-state index is -1.46. The van der Waals surface area contributed by atoms with E-state index in [-0.39, 0.29) is 11.9 Å². The molecule has 1 N–H and O–H groups in total. The average Bonchev–Trinajstić information content (AvgIpc) is 2.62. The van der Waals surface area contributed by atoms with Gasteiger partial charge in [0.15, 0.2) is 23.3 Å². The van der Waals surface area contributed by atoms with Gasteiger partial charge in [-0.1, -0.05) is 0 Å². The van der Waals surface area contributed by atoms with Crippen LogP contribution in [0.5, 0.6) is 0 Å². The molecule has 84 valence electrons. The van der Waals surface area contributed by atoms with Gasteiger partial charge in [0.1, 0.15) is 5.82 Å². The minimum Gasteiger partial charge on any atom is -0.342 e. The van der Waals surface area contributed by atoms with E-state index >= 15 is 0 Å². The van der Waals surface area contributed by atoms with Gasteiger partial charge in [0.2, 0.25) is 0 Å². The number of benzene rings is 1. The van der Waals surface area contributed by atoms with Crippen LogP contribution < -0.4 is 0 Å². The first-order chi connectivity index (χ1) is 7.50. The normalized spacial score (nSPS) is 10.8. The lowest BCUT2D eigenvalue weighted by atomic mass is 10.1. The van der Waals surface area contributed by atoms with Crippen molar-refractivity contribution in [2.75, 3.05) is 0 Å². The number of imidazole rings is 1. The molecule has 0 aliphatic rings. The van der Waals surface area contributed by atoms with Crippen molar-refractivity contribution >= 4 is 0 Å². The largest absolute Gasteiger partial charge is 0.342 e. The van der Waals surface area contributed by atoms with Gasteiger partial charge in [-0.25, -0.2) is 22.5 Å². The second-order valence-electron chi connectivity index (χ2n) is 3.26.